The van der Waals surface area contributed by atoms with Crippen molar-refractivity contribution >= 4 is 27.6 Å². The number of morpholine rings is 1. The van der Waals surface area contributed by atoms with Gasteiger partial charge in [0.05, 0.1) is 18.1 Å². The van der Waals surface area contributed by atoms with E-state index in [4.69, 9.17) is 9.47 Å². The summed E-state index contributed by atoms with van der Waals surface area (Å²) in [4.78, 5) is 24.5. The van der Waals surface area contributed by atoms with Crippen LogP contribution in [0.5, 0.6) is 0 Å². The molecule has 1 saturated heterocycles. The Balaban J connectivity index is 1.49. The lowest BCUT2D eigenvalue weighted by atomic mass is 10.0. The van der Waals surface area contributed by atoms with Crippen LogP contribution in [0.15, 0.2) is 29.2 Å². The van der Waals surface area contributed by atoms with E-state index in [0.29, 0.717) is 44.3 Å². The molecule has 1 aliphatic carbocycles. The summed E-state index contributed by atoms with van der Waals surface area (Å²) in [5, 5.41) is 2.66. The number of esters is 1. The number of sulfonamides is 1. The fraction of sp³-hybridized carbons (Fsp3) is 0.619. The average Bonchev–Trinajstić information content (AvgIpc) is 3.27. The SMILES string of the molecule is C[C@@H](OC(=O)CCC1CCCC1)C(=O)Nc1ccc(S(=O)(=O)N2CCOCC2)cc1. The Bertz CT molecular complexity index is 828. The van der Waals surface area contributed by atoms with E-state index in [1.165, 1.54) is 61.2 Å². The maximum atomic E-state index is 12.6. The minimum atomic E-state index is -3.58. The summed E-state index contributed by atoms with van der Waals surface area (Å²) >= 11 is 0. The number of anilines is 1. The first-order chi connectivity index (χ1) is 14.4. The Kier molecular flexibility index (Phi) is 7.85. The van der Waals surface area contributed by atoms with Crippen LogP contribution in [0.3, 0.4) is 0 Å². The van der Waals surface area contributed by atoms with Crippen molar-refractivity contribution in [1.29, 1.82) is 0 Å². The summed E-state index contributed by atoms with van der Waals surface area (Å²) in [6.07, 6.45) is 5.01. The van der Waals surface area contributed by atoms with Crippen molar-refractivity contribution in [2.75, 3.05) is 31.6 Å². The van der Waals surface area contributed by atoms with Gasteiger partial charge in [0.2, 0.25) is 10.0 Å². The van der Waals surface area contributed by atoms with Crippen LogP contribution in [0.25, 0.3) is 0 Å². The summed E-state index contributed by atoms with van der Waals surface area (Å²) in [6, 6.07) is 5.97. The predicted molar refractivity (Wildman–Crippen MR) is 111 cm³/mol. The molecule has 0 spiro atoms. The molecule has 30 heavy (non-hydrogen) atoms. The zero-order valence-corrected chi connectivity index (χ0v) is 18.2. The van der Waals surface area contributed by atoms with Gasteiger partial charge in [0.25, 0.3) is 5.91 Å². The molecular weight excluding hydrogens is 408 g/mol. The van der Waals surface area contributed by atoms with Gasteiger partial charge in [0.15, 0.2) is 6.10 Å². The normalized spacial score (nSPS) is 19.4. The number of amides is 1. The van der Waals surface area contributed by atoms with Crippen molar-refractivity contribution < 1.29 is 27.5 Å². The van der Waals surface area contributed by atoms with E-state index in [9.17, 15) is 18.0 Å². The van der Waals surface area contributed by atoms with Gasteiger partial charge in [-0.2, -0.15) is 4.31 Å². The topological polar surface area (TPSA) is 102 Å². The number of carbonyl (C=O) groups is 2. The van der Waals surface area contributed by atoms with E-state index < -0.39 is 22.0 Å². The summed E-state index contributed by atoms with van der Waals surface area (Å²) < 4.78 is 37.1. The van der Waals surface area contributed by atoms with E-state index in [0.717, 1.165) is 6.42 Å². The highest BCUT2D eigenvalue weighted by atomic mass is 32.2. The van der Waals surface area contributed by atoms with Crippen LogP contribution in [0, 0.1) is 5.92 Å². The van der Waals surface area contributed by atoms with E-state index in [1.807, 2.05) is 0 Å². The van der Waals surface area contributed by atoms with E-state index in [-0.39, 0.29) is 10.9 Å². The zero-order valence-electron chi connectivity index (χ0n) is 17.3. The fourth-order valence-electron chi connectivity index (χ4n) is 3.82. The minimum absolute atomic E-state index is 0.161. The van der Waals surface area contributed by atoms with Gasteiger partial charge in [-0.25, -0.2) is 8.42 Å². The standard InChI is InChI=1S/C21H30N2O6S/c1-16(29-20(24)11-6-17-4-2-3-5-17)21(25)22-18-7-9-19(10-8-18)30(26,27)23-12-14-28-15-13-23/h7-10,16-17H,2-6,11-15H2,1H3,(H,22,25)/t16-/m1/s1. The minimum Gasteiger partial charge on any atom is -0.453 e. The molecule has 1 N–H and O–H groups in total. The second-order valence-electron chi connectivity index (χ2n) is 7.85. The molecule has 166 valence electrons. The average molecular weight is 439 g/mol. The largest absolute Gasteiger partial charge is 0.453 e. The molecule has 2 aliphatic rings. The number of rotatable bonds is 8. The van der Waals surface area contributed by atoms with Crippen molar-refractivity contribution in [3.05, 3.63) is 24.3 Å². The van der Waals surface area contributed by atoms with Crippen LogP contribution in [-0.2, 0) is 29.1 Å². The first kappa shape index (κ1) is 22.7. The molecule has 1 heterocycles. The van der Waals surface area contributed by atoms with Gasteiger partial charge in [-0.05, 0) is 43.5 Å². The summed E-state index contributed by atoms with van der Waals surface area (Å²) in [6.45, 7) is 2.93. The molecule has 1 aromatic carbocycles. The lowest BCUT2D eigenvalue weighted by Crippen LogP contribution is -2.40. The maximum absolute atomic E-state index is 12.6. The third-order valence-corrected chi connectivity index (χ3v) is 7.55. The third kappa shape index (κ3) is 6.02. The van der Waals surface area contributed by atoms with Gasteiger partial charge in [-0.15, -0.1) is 0 Å². The van der Waals surface area contributed by atoms with Gasteiger partial charge in [-0.3, -0.25) is 9.59 Å². The molecule has 0 aromatic heterocycles. The van der Waals surface area contributed by atoms with Crippen LogP contribution in [0.2, 0.25) is 0 Å². The molecule has 3 rings (SSSR count). The Hall–Kier alpha value is -1.97. The van der Waals surface area contributed by atoms with Crippen LogP contribution < -0.4 is 5.32 Å². The van der Waals surface area contributed by atoms with Crippen molar-refractivity contribution in [2.24, 2.45) is 5.92 Å². The molecule has 0 bridgehead atoms. The van der Waals surface area contributed by atoms with Crippen LogP contribution in [-0.4, -0.2) is 57.0 Å². The van der Waals surface area contributed by atoms with Crippen LogP contribution in [0.1, 0.15) is 45.4 Å². The quantitative estimate of drug-likeness (QED) is 0.626. The van der Waals surface area contributed by atoms with Crippen molar-refractivity contribution in [2.45, 2.75) is 56.4 Å². The molecule has 0 unspecified atom stereocenters. The molecule has 1 aromatic rings. The number of hydrogen-bond acceptors (Lipinski definition) is 6. The van der Waals surface area contributed by atoms with Gasteiger partial charge < -0.3 is 14.8 Å². The Morgan fingerprint density at radius 1 is 1.17 bits per heavy atom. The number of nitrogens with one attached hydrogen (secondary N) is 1. The van der Waals surface area contributed by atoms with Crippen molar-refractivity contribution in [3.63, 3.8) is 0 Å². The Labute approximate surface area is 178 Å². The lowest BCUT2D eigenvalue weighted by Gasteiger charge is -2.26. The Morgan fingerprint density at radius 2 is 1.80 bits per heavy atom. The van der Waals surface area contributed by atoms with Crippen LogP contribution in [0.4, 0.5) is 5.69 Å². The highest BCUT2D eigenvalue weighted by Gasteiger charge is 2.26. The predicted octanol–water partition coefficient (Wildman–Crippen LogP) is 2.55. The highest BCUT2D eigenvalue weighted by molar-refractivity contribution is 7.89. The number of benzene rings is 1. The molecule has 2 fully saturated rings. The Morgan fingerprint density at radius 3 is 2.43 bits per heavy atom. The molecule has 8 nitrogen and oxygen atoms in total. The first-order valence-corrected chi connectivity index (χ1v) is 12.0. The molecular formula is C21H30N2O6S. The summed E-state index contributed by atoms with van der Waals surface area (Å²) in [7, 11) is -3.58. The number of ether oxygens (including phenoxy) is 2. The van der Waals surface area contributed by atoms with Gasteiger partial charge in [-0.1, -0.05) is 25.7 Å². The van der Waals surface area contributed by atoms with E-state index in [2.05, 4.69) is 5.32 Å². The molecule has 9 heteroatoms. The fourth-order valence-corrected chi connectivity index (χ4v) is 5.23. The maximum Gasteiger partial charge on any atom is 0.306 e. The second kappa shape index (κ2) is 10.4. The summed E-state index contributed by atoms with van der Waals surface area (Å²) in [5.74, 6) is -0.224. The molecule has 1 atom stereocenters. The van der Waals surface area contributed by atoms with Crippen LogP contribution >= 0.6 is 0 Å². The second-order valence-corrected chi connectivity index (χ2v) is 9.79. The van der Waals surface area contributed by atoms with Crippen molar-refractivity contribution in [3.8, 4) is 0 Å². The molecule has 1 aliphatic heterocycles. The summed E-state index contributed by atoms with van der Waals surface area (Å²) in [5.41, 5.74) is 0.440. The number of hydrogen-bond donors (Lipinski definition) is 1. The monoisotopic (exact) mass is 438 g/mol. The lowest BCUT2D eigenvalue weighted by molar-refractivity contribution is -0.153. The van der Waals surface area contributed by atoms with Gasteiger partial charge in [0.1, 0.15) is 0 Å². The van der Waals surface area contributed by atoms with Gasteiger partial charge in [0, 0.05) is 25.2 Å². The zero-order chi connectivity index (χ0) is 21.6. The smallest absolute Gasteiger partial charge is 0.306 e. The first-order valence-electron chi connectivity index (χ1n) is 10.5. The number of nitrogens with zero attached hydrogens (tertiary/aromatic N) is 1. The molecule has 0 radical (unpaired) electrons. The molecule has 1 saturated carbocycles. The van der Waals surface area contributed by atoms with E-state index in [1.54, 1.807) is 0 Å². The van der Waals surface area contributed by atoms with Gasteiger partial charge >= 0.3 is 5.97 Å². The molecule has 1 amide bonds. The van der Waals surface area contributed by atoms with E-state index >= 15 is 0 Å². The highest BCUT2D eigenvalue weighted by Crippen LogP contribution is 2.28. The third-order valence-electron chi connectivity index (χ3n) is 5.64. The van der Waals surface area contributed by atoms with Crippen molar-refractivity contribution in [1.82, 2.24) is 4.31 Å². The number of carbonyl (C=O) groups excluding carboxylic acids is 2.